The third-order valence-corrected chi connectivity index (χ3v) is 4.37. The lowest BCUT2D eigenvalue weighted by Gasteiger charge is -2.30. The molecule has 0 amide bonds. The summed E-state index contributed by atoms with van der Waals surface area (Å²) in [5.74, 6) is 1.14. The average Bonchev–Trinajstić information content (AvgIpc) is 2.59. The molecule has 2 rings (SSSR count). The Morgan fingerprint density at radius 2 is 2.12 bits per heavy atom. The molecule has 0 aliphatic carbocycles. The highest BCUT2D eigenvalue weighted by Gasteiger charge is 2.24. The molecule has 146 valence electrons. The Labute approximate surface area is 155 Å². The van der Waals surface area contributed by atoms with Gasteiger partial charge < -0.3 is 24.8 Å². The molecule has 1 aromatic carbocycles. The van der Waals surface area contributed by atoms with Gasteiger partial charge in [-0.15, -0.1) is 0 Å². The zero-order valence-corrected chi connectivity index (χ0v) is 16.3. The summed E-state index contributed by atoms with van der Waals surface area (Å²) in [6.07, 6.45) is 0.679. The molecule has 0 bridgehead atoms. The van der Waals surface area contributed by atoms with Crippen molar-refractivity contribution in [3.8, 4) is 5.75 Å². The fraction of sp³-hybridized carbons (Fsp3) is 0.632. The number of ether oxygens (including phenoxy) is 3. The number of aliphatic imine (C=N–C) groups is 1. The van der Waals surface area contributed by atoms with Crippen LogP contribution in [-0.2, 0) is 22.5 Å². The molecule has 1 heterocycles. The Morgan fingerprint density at radius 3 is 2.77 bits per heavy atom. The molecule has 0 aromatic heterocycles. The van der Waals surface area contributed by atoms with Crippen LogP contribution >= 0.6 is 0 Å². The van der Waals surface area contributed by atoms with Gasteiger partial charge in [-0.05, 0) is 29.5 Å². The molecule has 0 fully saturated rings. The maximum absolute atomic E-state index is 13.8. The van der Waals surface area contributed by atoms with Crippen LogP contribution in [-0.4, -0.2) is 46.1 Å². The van der Waals surface area contributed by atoms with E-state index in [9.17, 15) is 4.39 Å². The van der Waals surface area contributed by atoms with Crippen molar-refractivity contribution in [2.45, 2.75) is 39.9 Å². The number of hydrogen-bond donors (Lipinski definition) is 2. The summed E-state index contributed by atoms with van der Waals surface area (Å²) in [6.45, 7) is 8.24. The van der Waals surface area contributed by atoms with Gasteiger partial charge in [-0.1, -0.05) is 20.8 Å². The molecule has 0 saturated carbocycles. The molecule has 26 heavy (non-hydrogen) atoms. The molecule has 1 aliphatic heterocycles. The molecule has 2 N–H and O–H groups in total. The molecule has 7 heteroatoms. The Balaban J connectivity index is 1.89. The van der Waals surface area contributed by atoms with Gasteiger partial charge in [0.15, 0.2) is 12.8 Å². The summed E-state index contributed by atoms with van der Waals surface area (Å²) in [6, 6.07) is 2.98. The summed E-state index contributed by atoms with van der Waals surface area (Å²) in [7, 11) is 3.43. The summed E-state index contributed by atoms with van der Waals surface area (Å²) >= 11 is 0. The maximum atomic E-state index is 13.8. The first-order chi connectivity index (χ1) is 12.3. The topological polar surface area (TPSA) is 64.1 Å². The summed E-state index contributed by atoms with van der Waals surface area (Å²) in [4.78, 5) is 4.23. The van der Waals surface area contributed by atoms with Crippen molar-refractivity contribution < 1.29 is 18.6 Å². The molecule has 0 radical (unpaired) electrons. The highest BCUT2D eigenvalue weighted by atomic mass is 19.1. The first-order valence-electron chi connectivity index (χ1n) is 8.84. The molecule has 1 atom stereocenters. The smallest absolute Gasteiger partial charge is 0.191 e. The largest absolute Gasteiger partial charge is 0.467 e. The van der Waals surface area contributed by atoms with Crippen LogP contribution in [0.15, 0.2) is 17.1 Å². The first kappa shape index (κ1) is 20.5. The maximum Gasteiger partial charge on any atom is 0.191 e. The number of nitrogens with one attached hydrogen (secondary N) is 2. The van der Waals surface area contributed by atoms with Crippen molar-refractivity contribution in [1.82, 2.24) is 10.6 Å². The fourth-order valence-electron chi connectivity index (χ4n) is 2.91. The van der Waals surface area contributed by atoms with Gasteiger partial charge in [0.1, 0.15) is 11.6 Å². The zero-order valence-electron chi connectivity index (χ0n) is 16.3. The summed E-state index contributed by atoms with van der Waals surface area (Å²) in [5, 5.41) is 6.52. The third kappa shape index (κ3) is 5.57. The second-order valence-electron chi connectivity index (χ2n) is 7.38. The molecular formula is C19H30FN3O3. The minimum atomic E-state index is -0.275. The molecule has 0 saturated heterocycles. The normalized spacial score (nSPS) is 15.8. The van der Waals surface area contributed by atoms with Gasteiger partial charge in [0, 0.05) is 32.8 Å². The second-order valence-corrected chi connectivity index (χ2v) is 7.38. The number of nitrogens with zero attached hydrogens (tertiary/aromatic N) is 1. The molecule has 1 aliphatic rings. The number of fused-ring (bicyclic) bond motifs is 1. The minimum Gasteiger partial charge on any atom is -0.467 e. The van der Waals surface area contributed by atoms with Gasteiger partial charge in [0.25, 0.3) is 0 Å². The van der Waals surface area contributed by atoms with E-state index in [1.165, 1.54) is 12.1 Å². The van der Waals surface area contributed by atoms with E-state index in [0.29, 0.717) is 32.1 Å². The predicted octanol–water partition coefficient (Wildman–Crippen LogP) is 2.46. The van der Waals surface area contributed by atoms with Crippen LogP contribution in [0.4, 0.5) is 4.39 Å². The van der Waals surface area contributed by atoms with Crippen molar-refractivity contribution >= 4 is 5.96 Å². The van der Waals surface area contributed by atoms with Crippen LogP contribution in [0.5, 0.6) is 5.75 Å². The molecule has 0 spiro atoms. The Kier molecular flexibility index (Phi) is 7.23. The van der Waals surface area contributed by atoms with Gasteiger partial charge in [0.2, 0.25) is 0 Å². The number of halogens is 1. The average molecular weight is 367 g/mol. The number of benzene rings is 1. The number of hydrogen-bond acceptors (Lipinski definition) is 4. The Morgan fingerprint density at radius 1 is 1.35 bits per heavy atom. The van der Waals surface area contributed by atoms with E-state index in [1.807, 2.05) is 0 Å². The van der Waals surface area contributed by atoms with Gasteiger partial charge in [-0.25, -0.2) is 4.39 Å². The summed E-state index contributed by atoms with van der Waals surface area (Å²) < 4.78 is 30.1. The van der Waals surface area contributed by atoms with E-state index in [4.69, 9.17) is 14.2 Å². The minimum absolute atomic E-state index is 0.0284. The molecular weight excluding hydrogens is 337 g/mol. The molecule has 6 nitrogen and oxygen atoms in total. The van der Waals surface area contributed by atoms with Gasteiger partial charge in [-0.3, -0.25) is 4.99 Å². The zero-order chi connectivity index (χ0) is 19.2. The lowest BCUT2D eigenvalue weighted by atomic mass is 9.89. The van der Waals surface area contributed by atoms with E-state index in [2.05, 4.69) is 36.4 Å². The van der Waals surface area contributed by atoms with Crippen LogP contribution in [0.2, 0.25) is 0 Å². The summed E-state index contributed by atoms with van der Waals surface area (Å²) in [5.41, 5.74) is 1.61. The van der Waals surface area contributed by atoms with Crippen LogP contribution in [0.3, 0.4) is 0 Å². The highest BCUT2D eigenvalue weighted by Crippen LogP contribution is 2.29. The highest BCUT2D eigenvalue weighted by molar-refractivity contribution is 5.79. The SMILES string of the molecule is CN=C(NCCc1cc(F)cc2c1OCOC2)NCC(OC)C(C)(C)C. The molecule has 1 aromatic rings. The lowest BCUT2D eigenvalue weighted by Crippen LogP contribution is -2.45. The van der Waals surface area contributed by atoms with E-state index in [-0.39, 0.29) is 24.1 Å². The van der Waals surface area contributed by atoms with Crippen LogP contribution < -0.4 is 15.4 Å². The first-order valence-corrected chi connectivity index (χ1v) is 8.84. The van der Waals surface area contributed by atoms with Gasteiger partial charge in [-0.2, -0.15) is 0 Å². The van der Waals surface area contributed by atoms with Crippen LogP contribution in [0.1, 0.15) is 31.9 Å². The number of guanidine groups is 1. The lowest BCUT2D eigenvalue weighted by molar-refractivity contribution is -0.0172. The monoisotopic (exact) mass is 367 g/mol. The fourth-order valence-corrected chi connectivity index (χ4v) is 2.91. The molecule has 1 unspecified atom stereocenters. The van der Waals surface area contributed by atoms with E-state index < -0.39 is 0 Å². The second kappa shape index (κ2) is 9.19. The van der Waals surface area contributed by atoms with Crippen molar-refractivity contribution in [2.24, 2.45) is 10.4 Å². The van der Waals surface area contributed by atoms with E-state index in [0.717, 1.165) is 16.9 Å². The van der Waals surface area contributed by atoms with Crippen molar-refractivity contribution in [3.05, 3.63) is 29.1 Å². The van der Waals surface area contributed by atoms with E-state index >= 15 is 0 Å². The van der Waals surface area contributed by atoms with Gasteiger partial charge >= 0.3 is 0 Å². The van der Waals surface area contributed by atoms with Crippen molar-refractivity contribution in [2.75, 3.05) is 34.0 Å². The van der Waals surface area contributed by atoms with Crippen LogP contribution in [0, 0.1) is 11.2 Å². The predicted molar refractivity (Wildman–Crippen MR) is 100 cm³/mol. The van der Waals surface area contributed by atoms with E-state index in [1.54, 1.807) is 14.2 Å². The van der Waals surface area contributed by atoms with Crippen molar-refractivity contribution in [3.63, 3.8) is 0 Å². The third-order valence-electron chi connectivity index (χ3n) is 4.37. The Hall–Kier alpha value is -1.86. The quantitative estimate of drug-likeness (QED) is 0.597. The van der Waals surface area contributed by atoms with Crippen molar-refractivity contribution in [1.29, 1.82) is 0 Å². The van der Waals surface area contributed by atoms with Crippen LogP contribution in [0.25, 0.3) is 0 Å². The Bertz CT molecular complexity index is 629. The standard InChI is InChI=1S/C19H30FN3O3/c1-19(2,3)16(24-5)10-23-18(21-4)22-7-6-13-8-15(20)9-14-11-25-12-26-17(13)14/h8-9,16H,6-7,10-12H2,1-5H3,(H2,21,22,23). The number of rotatable bonds is 6. The number of methoxy groups -OCH3 is 1. The van der Waals surface area contributed by atoms with Gasteiger partial charge in [0.05, 0.1) is 12.7 Å².